The minimum atomic E-state index is 0.189. The van der Waals surface area contributed by atoms with Gasteiger partial charge in [0, 0.05) is 15.0 Å². The molecule has 0 bridgehead atoms. The van der Waals surface area contributed by atoms with Gasteiger partial charge in [-0.25, -0.2) is 0 Å². The smallest absolute Gasteiger partial charge is 0.0460 e. The van der Waals surface area contributed by atoms with Crippen LogP contribution in [-0.4, -0.2) is 0 Å². The second kappa shape index (κ2) is 7.22. The van der Waals surface area contributed by atoms with Crippen molar-refractivity contribution in [3.05, 3.63) is 45.4 Å². The van der Waals surface area contributed by atoms with Crippen molar-refractivity contribution >= 4 is 31.9 Å². The number of allylic oxidation sites excluding steroid dienone is 1. The molecule has 0 heterocycles. The van der Waals surface area contributed by atoms with E-state index in [1.165, 1.54) is 5.56 Å². The van der Waals surface area contributed by atoms with Crippen LogP contribution in [0.2, 0.25) is 0 Å². The second-order valence-corrected chi connectivity index (χ2v) is 5.47. The molecule has 1 rings (SSSR count). The lowest BCUT2D eigenvalue weighted by Gasteiger charge is -2.16. The Morgan fingerprint density at radius 3 is 2.44 bits per heavy atom. The molecule has 0 aromatic heterocycles. The zero-order valence-electron chi connectivity index (χ0n) is 9.05. The number of halogens is 2. The highest BCUT2D eigenvalue weighted by atomic mass is 79.9. The maximum absolute atomic E-state index is 5.58. The average Bonchev–Trinajstić information content (AvgIpc) is 2.23. The Morgan fingerprint density at radius 2 is 1.94 bits per heavy atom. The zero-order chi connectivity index (χ0) is 12.0. The van der Waals surface area contributed by atoms with Crippen molar-refractivity contribution in [3.63, 3.8) is 0 Å². The number of nitrogens with two attached hydrogens (primary N) is 1. The molecule has 0 aliphatic carbocycles. The molecular weight excluding hydrogens is 332 g/mol. The van der Waals surface area contributed by atoms with Crippen molar-refractivity contribution in [1.29, 1.82) is 0 Å². The van der Waals surface area contributed by atoms with Crippen LogP contribution in [-0.2, 0) is 0 Å². The summed E-state index contributed by atoms with van der Waals surface area (Å²) in [6.45, 7) is 3.72. The van der Waals surface area contributed by atoms with Gasteiger partial charge in [0.25, 0.3) is 0 Å². The summed E-state index contributed by atoms with van der Waals surface area (Å²) in [5, 5.41) is 0. The molecule has 0 radical (unpaired) electrons. The molecule has 1 aromatic rings. The number of nitrogens with one attached hydrogen (secondary N) is 1. The van der Waals surface area contributed by atoms with Gasteiger partial charge in [-0.05, 0) is 43.0 Å². The molecule has 0 aliphatic rings. The highest BCUT2D eigenvalue weighted by Gasteiger charge is 2.10. The summed E-state index contributed by atoms with van der Waals surface area (Å²) in [6.07, 6.45) is 5.05. The summed E-state index contributed by atoms with van der Waals surface area (Å²) in [5.41, 5.74) is 4.04. The van der Waals surface area contributed by atoms with E-state index in [1.807, 2.05) is 12.1 Å². The van der Waals surface area contributed by atoms with Crippen LogP contribution in [0.1, 0.15) is 30.9 Å². The summed E-state index contributed by atoms with van der Waals surface area (Å²) in [7, 11) is 0. The van der Waals surface area contributed by atoms with Crippen LogP contribution in [0.5, 0.6) is 0 Å². The minimum Gasteiger partial charge on any atom is -0.271 e. The number of hydrogen-bond donors (Lipinski definition) is 2. The molecule has 1 unspecified atom stereocenters. The fourth-order valence-electron chi connectivity index (χ4n) is 1.59. The molecule has 0 spiro atoms. The minimum absolute atomic E-state index is 0.189. The Labute approximate surface area is 114 Å². The fourth-order valence-corrected chi connectivity index (χ4v) is 2.92. The first kappa shape index (κ1) is 13.9. The van der Waals surface area contributed by atoms with Crippen LogP contribution in [0.25, 0.3) is 0 Å². The van der Waals surface area contributed by atoms with Crippen molar-refractivity contribution in [2.75, 3.05) is 0 Å². The SMILES string of the molecule is C=CCCCC(NN)c1cc(Br)cc(Br)c1. The van der Waals surface area contributed by atoms with Crippen LogP contribution < -0.4 is 11.3 Å². The van der Waals surface area contributed by atoms with E-state index in [-0.39, 0.29) is 6.04 Å². The number of hydrogen-bond acceptors (Lipinski definition) is 2. The van der Waals surface area contributed by atoms with Crippen LogP contribution in [0, 0.1) is 0 Å². The molecule has 0 aliphatic heterocycles. The standard InChI is InChI=1S/C12H16Br2N2/c1-2-3-4-5-12(16-15)9-6-10(13)8-11(14)7-9/h2,6-8,12,16H,1,3-5,15H2. The fraction of sp³-hybridized carbons (Fsp3) is 0.333. The highest BCUT2D eigenvalue weighted by Crippen LogP contribution is 2.26. The molecule has 1 atom stereocenters. The van der Waals surface area contributed by atoms with E-state index in [0.29, 0.717) is 0 Å². The lowest BCUT2D eigenvalue weighted by molar-refractivity contribution is 0.500. The quantitative estimate of drug-likeness (QED) is 0.352. The predicted octanol–water partition coefficient (Wildman–Crippen LogP) is 4.07. The monoisotopic (exact) mass is 346 g/mol. The lowest BCUT2D eigenvalue weighted by Crippen LogP contribution is -2.28. The van der Waals surface area contributed by atoms with Crippen LogP contribution in [0.15, 0.2) is 39.8 Å². The lowest BCUT2D eigenvalue weighted by atomic mass is 10.0. The maximum atomic E-state index is 5.58. The molecule has 0 saturated heterocycles. The van der Waals surface area contributed by atoms with E-state index in [9.17, 15) is 0 Å². The highest BCUT2D eigenvalue weighted by molar-refractivity contribution is 9.11. The van der Waals surface area contributed by atoms with E-state index in [0.717, 1.165) is 28.2 Å². The van der Waals surface area contributed by atoms with E-state index < -0.39 is 0 Å². The van der Waals surface area contributed by atoms with Crippen molar-refractivity contribution < 1.29 is 0 Å². The third-order valence-corrected chi connectivity index (χ3v) is 3.31. The van der Waals surface area contributed by atoms with Crippen LogP contribution in [0.4, 0.5) is 0 Å². The van der Waals surface area contributed by atoms with E-state index >= 15 is 0 Å². The third kappa shape index (κ3) is 4.37. The van der Waals surface area contributed by atoms with Crippen molar-refractivity contribution in [2.45, 2.75) is 25.3 Å². The number of benzene rings is 1. The van der Waals surface area contributed by atoms with Gasteiger partial charge >= 0.3 is 0 Å². The molecule has 0 saturated carbocycles. The van der Waals surface area contributed by atoms with Gasteiger partial charge in [0.15, 0.2) is 0 Å². The van der Waals surface area contributed by atoms with Crippen LogP contribution >= 0.6 is 31.9 Å². The average molecular weight is 348 g/mol. The third-order valence-electron chi connectivity index (χ3n) is 2.39. The molecule has 88 valence electrons. The van der Waals surface area contributed by atoms with Gasteiger partial charge in [-0.1, -0.05) is 37.9 Å². The molecule has 4 heteroatoms. The van der Waals surface area contributed by atoms with Gasteiger partial charge < -0.3 is 0 Å². The Balaban J connectivity index is 2.73. The van der Waals surface area contributed by atoms with Gasteiger partial charge in [0.1, 0.15) is 0 Å². The van der Waals surface area contributed by atoms with Crippen molar-refractivity contribution in [2.24, 2.45) is 5.84 Å². The first-order valence-electron chi connectivity index (χ1n) is 5.20. The van der Waals surface area contributed by atoms with E-state index in [2.05, 4.69) is 56.0 Å². The molecule has 3 N–H and O–H groups in total. The maximum Gasteiger partial charge on any atom is 0.0460 e. The van der Waals surface area contributed by atoms with E-state index in [1.54, 1.807) is 0 Å². The van der Waals surface area contributed by atoms with E-state index in [4.69, 9.17) is 5.84 Å². The van der Waals surface area contributed by atoms with Crippen LogP contribution in [0.3, 0.4) is 0 Å². The molecule has 1 aromatic carbocycles. The Kier molecular flexibility index (Phi) is 6.28. The number of hydrazine groups is 1. The Morgan fingerprint density at radius 1 is 1.31 bits per heavy atom. The van der Waals surface area contributed by atoms with Gasteiger partial charge in [-0.15, -0.1) is 6.58 Å². The molecule has 0 amide bonds. The Bertz CT molecular complexity index is 333. The largest absolute Gasteiger partial charge is 0.271 e. The van der Waals surface area contributed by atoms with Gasteiger partial charge in [-0.2, -0.15) is 0 Å². The summed E-state index contributed by atoms with van der Waals surface area (Å²) < 4.78 is 2.11. The first-order chi connectivity index (χ1) is 7.67. The van der Waals surface area contributed by atoms with Crippen molar-refractivity contribution in [3.8, 4) is 0 Å². The first-order valence-corrected chi connectivity index (χ1v) is 6.79. The number of rotatable bonds is 6. The summed E-state index contributed by atoms with van der Waals surface area (Å²) in [5.74, 6) is 5.58. The summed E-state index contributed by atoms with van der Waals surface area (Å²) >= 11 is 6.96. The van der Waals surface area contributed by atoms with Crippen molar-refractivity contribution in [1.82, 2.24) is 5.43 Å². The molecular formula is C12H16Br2N2. The second-order valence-electron chi connectivity index (χ2n) is 3.64. The molecule has 2 nitrogen and oxygen atoms in total. The summed E-state index contributed by atoms with van der Waals surface area (Å²) in [6, 6.07) is 6.38. The topological polar surface area (TPSA) is 38.0 Å². The molecule has 0 fully saturated rings. The zero-order valence-corrected chi connectivity index (χ0v) is 12.2. The molecule has 16 heavy (non-hydrogen) atoms. The normalized spacial score (nSPS) is 12.4. The number of unbranched alkanes of at least 4 members (excludes halogenated alkanes) is 1. The van der Waals surface area contributed by atoms with Gasteiger partial charge in [0.05, 0.1) is 0 Å². The van der Waals surface area contributed by atoms with Gasteiger partial charge in [-0.3, -0.25) is 11.3 Å². The predicted molar refractivity (Wildman–Crippen MR) is 76.0 cm³/mol. The summed E-state index contributed by atoms with van der Waals surface area (Å²) in [4.78, 5) is 0. The Hall–Kier alpha value is -0.160. The van der Waals surface area contributed by atoms with Gasteiger partial charge in [0.2, 0.25) is 0 Å².